The molecule has 4 unspecified atom stereocenters. The zero-order valence-corrected chi connectivity index (χ0v) is 13.6. The van der Waals surface area contributed by atoms with Crippen molar-refractivity contribution in [1.82, 2.24) is 10.2 Å². The average Bonchev–Trinajstić information content (AvgIpc) is 2.55. The molecule has 1 saturated carbocycles. The third kappa shape index (κ3) is 3.32. The monoisotopic (exact) mass is 286 g/mol. The van der Waals surface area contributed by atoms with E-state index in [0.717, 1.165) is 12.0 Å². The van der Waals surface area contributed by atoms with Crippen LogP contribution in [0.25, 0.3) is 0 Å². The van der Waals surface area contributed by atoms with Gasteiger partial charge in [-0.25, -0.2) is 0 Å². The molecule has 1 N–H and O–H groups in total. The van der Waals surface area contributed by atoms with E-state index >= 15 is 0 Å². The highest BCUT2D eigenvalue weighted by Crippen LogP contribution is 2.37. The summed E-state index contributed by atoms with van der Waals surface area (Å²) in [5.74, 6) is 0.745. The summed E-state index contributed by atoms with van der Waals surface area (Å²) in [6, 6.07) is 13.3. The summed E-state index contributed by atoms with van der Waals surface area (Å²) in [4.78, 5) is 2.81. The van der Waals surface area contributed by atoms with E-state index in [1.54, 1.807) is 5.56 Å². The molecule has 1 aromatic carbocycles. The normalized spacial score (nSPS) is 34.8. The largest absolute Gasteiger partial charge is 0.315 e. The van der Waals surface area contributed by atoms with E-state index in [9.17, 15) is 0 Å². The van der Waals surface area contributed by atoms with Gasteiger partial charge in [0.1, 0.15) is 0 Å². The molecule has 0 radical (unpaired) electrons. The van der Waals surface area contributed by atoms with Gasteiger partial charge < -0.3 is 5.32 Å². The van der Waals surface area contributed by atoms with Crippen molar-refractivity contribution in [2.45, 2.75) is 69.5 Å². The summed E-state index contributed by atoms with van der Waals surface area (Å²) in [5, 5.41) is 3.60. The van der Waals surface area contributed by atoms with E-state index in [-0.39, 0.29) is 0 Å². The Morgan fingerprint density at radius 2 is 1.86 bits per heavy atom. The van der Waals surface area contributed by atoms with Crippen LogP contribution >= 0.6 is 0 Å². The zero-order valence-electron chi connectivity index (χ0n) is 13.6. The maximum absolute atomic E-state index is 3.60. The smallest absolute Gasteiger partial charge is 0.0257 e. The second-order valence-electron chi connectivity index (χ2n) is 6.97. The molecule has 1 aromatic rings. The molecule has 2 fully saturated rings. The fourth-order valence-electron chi connectivity index (χ4n) is 4.49. The lowest BCUT2D eigenvalue weighted by Crippen LogP contribution is -2.56. The number of nitrogens with zero attached hydrogens (tertiary/aromatic N) is 1. The van der Waals surface area contributed by atoms with Crippen molar-refractivity contribution in [3.8, 4) is 0 Å². The number of likely N-dealkylation sites (N-methyl/N-ethyl adjacent to an activating group) is 1. The lowest BCUT2D eigenvalue weighted by molar-refractivity contribution is 0.0562. The lowest BCUT2D eigenvalue weighted by Gasteiger charge is -2.47. The highest BCUT2D eigenvalue weighted by atomic mass is 15.2. The predicted molar refractivity (Wildman–Crippen MR) is 89.7 cm³/mol. The Bertz CT molecular complexity index is 430. The van der Waals surface area contributed by atoms with E-state index in [2.05, 4.69) is 54.5 Å². The van der Waals surface area contributed by atoms with Gasteiger partial charge in [-0.2, -0.15) is 0 Å². The Morgan fingerprint density at radius 1 is 1.05 bits per heavy atom. The summed E-state index contributed by atoms with van der Waals surface area (Å²) < 4.78 is 0. The zero-order chi connectivity index (χ0) is 14.7. The molecule has 2 heteroatoms. The number of piperidine rings is 1. The number of rotatable bonds is 3. The second kappa shape index (κ2) is 6.93. The van der Waals surface area contributed by atoms with Crippen molar-refractivity contribution < 1.29 is 0 Å². The number of likely N-dealkylation sites (tertiary alicyclic amines) is 1. The van der Waals surface area contributed by atoms with Gasteiger partial charge in [-0.05, 0) is 64.1 Å². The molecule has 0 bridgehead atoms. The molecular formula is C19H30N2. The summed E-state index contributed by atoms with van der Waals surface area (Å²) in [6.07, 6.45) is 8.13. The van der Waals surface area contributed by atoms with Crippen LogP contribution in [-0.4, -0.2) is 36.6 Å². The van der Waals surface area contributed by atoms with Gasteiger partial charge in [0.15, 0.2) is 0 Å². The summed E-state index contributed by atoms with van der Waals surface area (Å²) in [5.41, 5.74) is 1.54. The standard InChI is InChI=1S/C19H30N2/c1-15-8-6-7-13-21(15)19-14-17(11-12-18(19)20-2)16-9-4-3-5-10-16/h3-5,9-10,15,17-20H,6-8,11-14H2,1-2H3. The third-order valence-electron chi connectivity index (χ3n) is 5.74. The molecule has 2 aliphatic rings. The molecule has 0 spiro atoms. The van der Waals surface area contributed by atoms with Crippen LogP contribution in [0.15, 0.2) is 30.3 Å². The first-order valence-electron chi connectivity index (χ1n) is 8.77. The molecule has 4 atom stereocenters. The minimum Gasteiger partial charge on any atom is -0.315 e. The van der Waals surface area contributed by atoms with E-state index in [1.165, 1.54) is 45.1 Å². The number of nitrogens with one attached hydrogen (secondary N) is 1. The van der Waals surface area contributed by atoms with Crippen molar-refractivity contribution >= 4 is 0 Å². The van der Waals surface area contributed by atoms with Crippen molar-refractivity contribution in [2.24, 2.45) is 0 Å². The topological polar surface area (TPSA) is 15.3 Å². The molecule has 2 nitrogen and oxygen atoms in total. The van der Waals surface area contributed by atoms with Crippen molar-refractivity contribution in [3.63, 3.8) is 0 Å². The first-order chi connectivity index (χ1) is 10.3. The minimum absolute atomic E-state index is 0.672. The first-order valence-corrected chi connectivity index (χ1v) is 8.77. The fraction of sp³-hybridized carbons (Fsp3) is 0.684. The van der Waals surface area contributed by atoms with Crippen LogP contribution in [0.1, 0.15) is 56.9 Å². The van der Waals surface area contributed by atoms with E-state index in [4.69, 9.17) is 0 Å². The van der Waals surface area contributed by atoms with Crippen LogP contribution in [0.4, 0.5) is 0 Å². The van der Waals surface area contributed by atoms with E-state index in [0.29, 0.717) is 12.1 Å². The predicted octanol–water partition coefficient (Wildman–Crippen LogP) is 3.79. The Labute approximate surface area is 129 Å². The van der Waals surface area contributed by atoms with Crippen molar-refractivity contribution in [3.05, 3.63) is 35.9 Å². The van der Waals surface area contributed by atoms with Gasteiger partial charge in [0.2, 0.25) is 0 Å². The number of hydrogen-bond donors (Lipinski definition) is 1. The lowest BCUT2D eigenvalue weighted by atomic mass is 9.77. The maximum Gasteiger partial charge on any atom is 0.0257 e. The molecule has 21 heavy (non-hydrogen) atoms. The Hall–Kier alpha value is -0.860. The van der Waals surface area contributed by atoms with Gasteiger partial charge in [-0.1, -0.05) is 36.8 Å². The summed E-state index contributed by atoms with van der Waals surface area (Å²) >= 11 is 0. The second-order valence-corrected chi connectivity index (χ2v) is 6.97. The van der Waals surface area contributed by atoms with Crippen LogP contribution in [-0.2, 0) is 0 Å². The van der Waals surface area contributed by atoms with Crippen LogP contribution in [0.2, 0.25) is 0 Å². The van der Waals surface area contributed by atoms with Gasteiger partial charge in [0.05, 0.1) is 0 Å². The average molecular weight is 286 g/mol. The molecule has 1 heterocycles. The number of hydrogen-bond acceptors (Lipinski definition) is 2. The Morgan fingerprint density at radius 3 is 2.57 bits per heavy atom. The SMILES string of the molecule is CNC1CCC(c2ccccc2)CC1N1CCCCC1C. The molecule has 116 valence electrons. The van der Waals surface area contributed by atoms with Crippen LogP contribution in [0.3, 0.4) is 0 Å². The van der Waals surface area contributed by atoms with E-state index < -0.39 is 0 Å². The molecular weight excluding hydrogens is 256 g/mol. The van der Waals surface area contributed by atoms with E-state index in [1.807, 2.05) is 0 Å². The summed E-state index contributed by atoms with van der Waals surface area (Å²) in [6.45, 7) is 3.73. The van der Waals surface area contributed by atoms with Crippen molar-refractivity contribution in [1.29, 1.82) is 0 Å². The molecule has 1 aliphatic heterocycles. The molecule has 0 amide bonds. The fourth-order valence-corrected chi connectivity index (χ4v) is 4.49. The highest BCUT2D eigenvalue weighted by molar-refractivity contribution is 5.21. The van der Waals surface area contributed by atoms with Crippen molar-refractivity contribution in [2.75, 3.05) is 13.6 Å². The number of benzene rings is 1. The highest BCUT2D eigenvalue weighted by Gasteiger charge is 2.36. The van der Waals surface area contributed by atoms with Crippen LogP contribution in [0.5, 0.6) is 0 Å². The Balaban J connectivity index is 1.75. The van der Waals surface area contributed by atoms with Gasteiger partial charge >= 0.3 is 0 Å². The van der Waals surface area contributed by atoms with Gasteiger partial charge in [0.25, 0.3) is 0 Å². The van der Waals surface area contributed by atoms with Gasteiger partial charge in [-0.15, -0.1) is 0 Å². The van der Waals surface area contributed by atoms with Crippen LogP contribution in [0, 0.1) is 0 Å². The molecule has 1 aliphatic carbocycles. The van der Waals surface area contributed by atoms with Crippen LogP contribution < -0.4 is 5.32 Å². The van der Waals surface area contributed by atoms with Gasteiger partial charge in [-0.3, -0.25) is 4.90 Å². The summed E-state index contributed by atoms with van der Waals surface area (Å²) in [7, 11) is 2.15. The third-order valence-corrected chi connectivity index (χ3v) is 5.74. The Kier molecular flexibility index (Phi) is 4.97. The molecule has 3 rings (SSSR count). The molecule has 0 aromatic heterocycles. The minimum atomic E-state index is 0.672. The van der Waals surface area contributed by atoms with Gasteiger partial charge in [0, 0.05) is 18.1 Å². The maximum atomic E-state index is 3.60. The quantitative estimate of drug-likeness (QED) is 0.909. The first kappa shape index (κ1) is 15.1. The molecule has 1 saturated heterocycles.